The molecular weight excluding hydrogens is 364 g/mol. The van der Waals surface area contributed by atoms with Crippen LogP contribution >= 0.6 is 11.6 Å². The Hall–Kier alpha value is -2.09. The smallest absolute Gasteiger partial charge is 0.262 e. The molecule has 0 saturated carbocycles. The predicted molar refractivity (Wildman–Crippen MR) is 97.5 cm³/mol. The number of halogens is 1. The molecule has 0 aliphatic rings. The molecule has 0 aromatic heterocycles. The van der Waals surface area contributed by atoms with E-state index >= 15 is 0 Å². The number of amides is 1. The molecule has 25 heavy (non-hydrogen) atoms. The highest BCUT2D eigenvalue weighted by Gasteiger charge is 2.15. The van der Waals surface area contributed by atoms with Crippen molar-refractivity contribution in [1.82, 2.24) is 4.72 Å². The summed E-state index contributed by atoms with van der Waals surface area (Å²) in [6, 6.07) is 12.4. The number of hydrogen-bond acceptors (Lipinski definition) is 4. The van der Waals surface area contributed by atoms with Crippen molar-refractivity contribution in [3.63, 3.8) is 0 Å². The monoisotopic (exact) mass is 382 g/mol. The zero-order valence-electron chi connectivity index (χ0n) is 13.8. The highest BCUT2D eigenvalue weighted by molar-refractivity contribution is 7.89. The molecule has 2 rings (SSSR count). The summed E-state index contributed by atoms with van der Waals surface area (Å²) in [6.45, 7) is 3.29. The molecule has 0 aliphatic heterocycles. The third kappa shape index (κ3) is 6.04. The van der Waals surface area contributed by atoms with Crippen molar-refractivity contribution in [1.29, 1.82) is 0 Å². The molecule has 0 spiro atoms. The van der Waals surface area contributed by atoms with Crippen molar-refractivity contribution in [3.8, 4) is 5.75 Å². The van der Waals surface area contributed by atoms with E-state index in [1.807, 2.05) is 0 Å². The number of nitrogens with one attached hydrogen (secondary N) is 2. The first kappa shape index (κ1) is 19.2. The first-order valence-corrected chi connectivity index (χ1v) is 9.43. The van der Waals surface area contributed by atoms with Crippen molar-refractivity contribution in [3.05, 3.63) is 53.6 Å². The van der Waals surface area contributed by atoms with Gasteiger partial charge in [-0.1, -0.05) is 11.6 Å². The summed E-state index contributed by atoms with van der Waals surface area (Å²) < 4.78 is 31.9. The maximum absolute atomic E-state index is 12.0. The molecular formula is C17H19ClN2O4S. The molecule has 134 valence electrons. The van der Waals surface area contributed by atoms with E-state index in [-0.39, 0.29) is 23.5 Å². The van der Waals surface area contributed by atoms with Crippen molar-refractivity contribution < 1.29 is 17.9 Å². The van der Waals surface area contributed by atoms with Gasteiger partial charge in [0.2, 0.25) is 10.0 Å². The quantitative estimate of drug-likeness (QED) is 0.770. The normalized spacial score (nSPS) is 11.4. The Morgan fingerprint density at radius 1 is 1.08 bits per heavy atom. The topological polar surface area (TPSA) is 84.5 Å². The fraction of sp³-hybridized carbons (Fsp3) is 0.235. The molecule has 8 heteroatoms. The fourth-order valence-electron chi connectivity index (χ4n) is 1.97. The third-order valence-corrected chi connectivity index (χ3v) is 4.95. The number of carbonyl (C=O) groups is 1. The van der Waals surface area contributed by atoms with Gasteiger partial charge in [0.25, 0.3) is 5.91 Å². The SMILES string of the molecule is CC(C)NS(=O)(=O)c1ccc(OCC(=O)Nc2ccc(Cl)cc2)cc1. The Morgan fingerprint density at radius 3 is 2.24 bits per heavy atom. The molecule has 2 N–H and O–H groups in total. The number of sulfonamides is 1. The number of rotatable bonds is 7. The molecule has 2 aromatic rings. The third-order valence-electron chi connectivity index (χ3n) is 3.02. The molecule has 0 radical (unpaired) electrons. The second-order valence-electron chi connectivity index (χ2n) is 5.59. The summed E-state index contributed by atoms with van der Waals surface area (Å²) in [5.74, 6) is 0.0650. The van der Waals surface area contributed by atoms with Crippen LogP contribution in [0.2, 0.25) is 5.02 Å². The summed E-state index contributed by atoms with van der Waals surface area (Å²) >= 11 is 5.78. The molecule has 0 aliphatic carbocycles. The van der Waals surface area contributed by atoms with Gasteiger partial charge in [-0.3, -0.25) is 4.79 Å². The Morgan fingerprint density at radius 2 is 1.68 bits per heavy atom. The van der Waals surface area contributed by atoms with Crippen LogP contribution in [0.3, 0.4) is 0 Å². The van der Waals surface area contributed by atoms with Crippen LogP contribution in [0.15, 0.2) is 53.4 Å². The molecule has 0 unspecified atom stereocenters. The lowest BCUT2D eigenvalue weighted by Crippen LogP contribution is -2.30. The predicted octanol–water partition coefficient (Wildman–Crippen LogP) is 3.04. The van der Waals surface area contributed by atoms with E-state index in [4.69, 9.17) is 16.3 Å². The lowest BCUT2D eigenvalue weighted by Gasteiger charge is -2.11. The zero-order valence-corrected chi connectivity index (χ0v) is 15.4. The van der Waals surface area contributed by atoms with E-state index in [0.29, 0.717) is 16.5 Å². The van der Waals surface area contributed by atoms with Crippen molar-refractivity contribution in [2.45, 2.75) is 24.8 Å². The lowest BCUT2D eigenvalue weighted by atomic mass is 10.3. The Bertz CT molecular complexity index is 819. The van der Waals surface area contributed by atoms with E-state index in [0.717, 1.165) is 0 Å². The van der Waals surface area contributed by atoms with E-state index < -0.39 is 10.0 Å². The van der Waals surface area contributed by atoms with Crippen LogP contribution in [0.1, 0.15) is 13.8 Å². The number of carbonyl (C=O) groups excluding carboxylic acids is 1. The molecule has 0 fully saturated rings. The second-order valence-corrected chi connectivity index (χ2v) is 7.74. The van der Waals surface area contributed by atoms with Gasteiger partial charge in [0.15, 0.2) is 6.61 Å². The summed E-state index contributed by atoms with van der Waals surface area (Å²) in [4.78, 5) is 12.0. The van der Waals surface area contributed by atoms with Gasteiger partial charge < -0.3 is 10.1 Å². The Labute approximate surface area is 152 Å². The average Bonchev–Trinajstić information content (AvgIpc) is 2.54. The van der Waals surface area contributed by atoms with E-state index in [2.05, 4.69) is 10.0 Å². The minimum Gasteiger partial charge on any atom is -0.484 e. The summed E-state index contributed by atoms with van der Waals surface area (Å²) in [5.41, 5.74) is 0.610. The molecule has 1 amide bonds. The number of ether oxygens (including phenoxy) is 1. The van der Waals surface area contributed by atoms with Gasteiger partial charge in [0.05, 0.1) is 4.90 Å². The Kier molecular flexibility index (Phi) is 6.41. The van der Waals surface area contributed by atoms with E-state index in [1.165, 1.54) is 24.3 Å². The lowest BCUT2D eigenvalue weighted by molar-refractivity contribution is -0.118. The summed E-state index contributed by atoms with van der Waals surface area (Å²) in [7, 11) is -3.55. The zero-order chi connectivity index (χ0) is 18.4. The number of benzene rings is 2. The summed E-state index contributed by atoms with van der Waals surface area (Å²) in [5, 5.41) is 3.25. The molecule has 0 heterocycles. The van der Waals surface area contributed by atoms with Gasteiger partial charge in [0, 0.05) is 16.8 Å². The van der Waals surface area contributed by atoms with Gasteiger partial charge in [-0.2, -0.15) is 0 Å². The maximum Gasteiger partial charge on any atom is 0.262 e. The second kappa shape index (κ2) is 8.33. The molecule has 6 nitrogen and oxygen atoms in total. The molecule has 0 saturated heterocycles. The molecule has 0 bridgehead atoms. The van der Waals surface area contributed by atoms with Crippen LogP contribution in [0.4, 0.5) is 5.69 Å². The van der Waals surface area contributed by atoms with Crippen molar-refractivity contribution in [2.24, 2.45) is 0 Å². The van der Waals surface area contributed by atoms with Gasteiger partial charge in [-0.15, -0.1) is 0 Å². The first-order chi connectivity index (χ1) is 11.8. The van der Waals surface area contributed by atoms with Gasteiger partial charge in [0.1, 0.15) is 5.75 Å². The first-order valence-electron chi connectivity index (χ1n) is 7.57. The fourth-order valence-corrected chi connectivity index (χ4v) is 3.35. The van der Waals surface area contributed by atoms with Crippen LogP contribution in [-0.2, 0) is 14.8 Å². The minimum atomic E-state index is -3.55. The number of hydrogen-bond donors (Lipinski definition) is 2. The van der Waals surface area contributed by atoms with Crippen molar-refractivity contribution >= 4 is 33.2 Å². The largest absolute Gasteiger partial charge is 0.484 e. The van der Waals surface area contributed by atoms with E-state index in [9.17, 15) is 13.2 Å². The Balaban J connectivity index is 1.91. The van der Waals surface area contributed by atoms with Gasteiger partial charge in [-0.05, 0) is 62.4 Å². The van der Waals surface area contributed by atoms with Gasteiger partial charge >= 0.3 is 0 Å². The molecule has 2 aromatic carbocycles. The van der Waals surface area contributed by atoms with Gasteiger partial charge in [-0.25, -0.2) is 13.1 Å². The van der Waals surface area contributed by atoms with Crippen LogP contribution in [0.5, 0.6) is 5.75 Å². The van der Waals surface area contributed by atoms with Crippen LogP contribution < -0.4 is 14.8 Å². The minimum absolute atomic E-state index is 0.138. The average molecular weight is 383 g/mol. The number of anilines is 1. The van der Waals surface area contributed by atoms with E-state index in [1.54, 1.807) is 38.1 Å². The van der Waals surface area contributed by atoms with Crippen LogP contribution in [0.25, 0.3) is 0 Å². The highest BCUT2D eigenvalue weighted by Crippen LogP contribution is 2.17. The van der Waals surface area contributed by atoms with Crippen LogP contribution in [-0.4, -0.2) is 27.0 Å². The highest BCUT2D eigenvalue weighted by atomic mass is 35.5. The van der Waals surface area contributed by atoms with Crippen molar-refractivity contribution in [2.75, 3.05) is 11.9 Å². The summed E-state index contributed by atoms with van der Waals surface area (Å²) in [6.07, 6.45) is 0. The molecule has 0 atom stereocenters. The van der Waals surface area contributed by atoms with Crippen LogP contribution in [0, 0.1) is 0 Å². The standard InChI is InChI=1S/C17H19ClN2O4S/c1-12(2)20-25(22,23)16-9-7-15(8-10-16)24-11-17(21)19-14-5-3-13(18)4-6-14/h3-10,12,20H,11H2,1-2H3,(H,19,21). The maximum atomic E-state index is 12.0.